The normalized spacial score (nSPS) is 10.9. The summed E-state index contributed by atoms with van der Waals surface area (Å²) in [5.41, 5.74) is 0. The molecule has 0 unspecified atom stereocenters. The first kappa shape index (κ1) is 20.6. The van der Waals surface area contributed by atoms with Crippen molar-refractivity contribution in [1.29, 1.82) is 0 Å². The Morgan fingerprint density at radius 2 is 1.96 bits per heavy atom. The van der Waals surface area contributed by atoms with Crippen molar-refractivity contribution in [3.63, 3.8) is 0 Å². The summed E-state index contributed by atoms with van der Waals surface area (Å²) in [6.07, 6.45) is 0.934. The maximum atomic E-state index is 13.0. The van der Waals surface area contributed by atoms with Crippen LogP contribution in [0.4, 0.5) is 8.78 Å². The van der Waals surface area contributed by atoms with Gasteiger partial charge in [-0.15, -0.1) is 35.3 Å². The second-order valence-corrected chi connectivity index (χ2v) is 5.71. The molecule has 0 bridgehead atoms. The van der Waals surface area contributed by atoms with Gasteiger partial charge in [0.2, 0.25) is 0 Å². The monoisotopic (exact) mass is 467 g/mol. The molecule has 1 aromatic carbocycles. The predicted octanol–water partition coefficient (Wildman–Crippen LogP) is 3.43. The molecule has 132 valence electrons. The largest absolute Gasteiger partial charge is 0.492 e. The minimum Gasteiger partial charge on any atom is -0.492 e. The van der Waals surface area contributed by atoms with Crippen LogP contribution in [0.15, 0.2) is 40.7 Å². The van der Waals surface area contributed by atoms with Gasteiger partial charge in [-0.1, -0.05) is 6.07 Å². The Labute approximate surface area is 161 Å². The molecule has 0 aliphatic carbocycles. The lowest BCUT2D eigenvalue weighted by Crippen LogP contribution is -2.40. The number of guanidine groups is 1. The zero-order valence-corrected chi connectivity index (χ0v) is 16.4. The van der Waals surface area contributed by atoms with Crippen LogP contribution in [-0.2, 0) is 6.42 Å². The van der Waals surface area contributed by atoms with Crippen molar-refractivity contribution in [2.24, 2.45) is 4.99 Å². The van der Waals surface area contributed by atoms with Crippen LogP contribution in [0.3, 0.4) is 0 Å². The van der Waals surface area contributed by atoms with E-state index in [9.17, 15) is 8.78 Å². The van der Waals surface area contributed by atoms with Crippen LogP contribution < -0.4 is 15.4 Å². The van der Waals surface area contributed by atoms with Gasteiger partial charge in [0, 0.05) is 24.5 Å². The fraction of sp³-hybridized carbons (Fsp3) is 0.312. The van der Waals surface area contributed by atoms with E-state index in [0.29, 0.717) is 24.9 Å². The van der Waals surface area contributed by atoms with Crippen molar-refractivity contribution in [2.75, 3.05) is 26.7 Å². The first-order valence-electron chi connectivity index (χ1n) is 7.24. The summed E-state index contributed by atoms with van der Waals surface area (Å²) >= 11 is 1.73. The Morgan fingerprint density at radius 3 is 2.62 bits per heavy atom. The topological polar surface area (TPSA) is 45.7 Å². The van der Waals surface area contributed by atoms with Crippen LogP contribution >= 0.6 is 35.3 Å². The van der Waals surface area contributed by atoms with Crippen LogP contribution in [-0.4, -0.2) is 32.7 Å². The van der Waals surface area contributed by atoms with Gasteiger partial charge in [0.25, 0.3) is 0 Å². The molecular formula is C16H20F2IN3OS. The van der Waals surface area contributed by atoms with Gasteiger partial charge in [-0.25, -0.2) is 8.78 Å². The molecule has 2 aromatic rings. The molecule has 2 rings (SSSR count). The van der Waals surface area contributed by atoms with Crippen LogP contribution in [0.2, 0.25) is 0 Å². The highest BCUT2D eigenvalue weighted by Gasteiger charge is 2.03. The fourth-order valence-electron chi connectivity index (χ4n) is 1.88. The van der Waals surface area contributed by atoms with Gasteiger partial charge < -0.3 is 15.4 Å². The van der Waals surface area contributed by atoms with E-state index in [0.717, 1.165) is 25.1 Å². The Balaban J connectivity index is 0.00000288. The summed E-state index contributed by atoms with van der Waals surface area (Å²) in [7, 11) is 1.69. The minimum absolute atomic E-state index is 0. The summed E-state index contributed by atoms with van der Waals surface area (Å²) in [5.74, 6) is -0.825. The maximum absolute atomic E-state index is 13.0. The number of nitrogens with zero attached hydrogens (tertiary/aromatic N) is 1. The number of thiophene rings is 1. The van der Waals surface area contributed by atoms with E-state index in [1.165, 1.54) is 10.9 Å². The molecule has 0 radical (unpaired) electrons. The maximum Gasteiger partial charge on any atom is 0.191 e. The van der Waals surface area contributed by atoms with Crippen molar-refractivity contribution in [1.82, 2.24) is 10.6 Å². The average molecular weight is 467 g/mol. The van der Waals surface area contributed by atoms with Crippen molar-refractivity contribution >= 4 is 41.3 Å². The zero-order valence-electron chi connectivity index (χ0n) is 13.2. The van der Waals surface area contributed by atoms with E-state index in [1.807, 2.05) is 6.07 Å². The second-order valence-electron chi connectivity index (χ2n) is 4.68. The Kier molecular flexibility index (Phi) is 9.62. The zero-order chi connectivity index (χ0) is 16.5. The van der Waals surface area contributed by atoms with Gasteiger partial charge in [0.15, 0.2) is 17.6 Å². The van der Waals surface area contributed by atoms with Crippen molar-refractivity contribution in [2.45, 2.75) is 6.42 Å². The highest BCUT2D eigenvalue weighted by molar-refractivity contribution is 14.0. The predicted molar refractivity (Wildman–Crippen MR) is 105 cm³/mol. The standard InChI is InChI=1S/C16H19F2N3OS.HI/c1-19-16(20-7-6-13-3-2-10-23-13)21-8-9-22-12-4-5-14(17)15(18)11-12;/h2-5,10-11H,6-9H2,1H3,(H2,19,20,21);1H. The van der Waals surface area contributed by atoms with Crippen molar-refractivity contribution < 1.29 is 13.5 Å². The van der Waals surface area contributed by atoms with Crippen molar-refractivity contribution in [3.8, 4) is 5.75 Å². The first-order chi connectivity index (χ1) is 11.2. The average Bonchev–Trinajstić information content (AvgIpc) is 3.06. The molecule has 24 heavy (non-hydrogen) atoms. The van der Waals surface area contributed by atoms with Gasteiger partial charge >= 0.3 is 0 Å². The highest BCUT2D eigenvalue weighted by atomic mass is 127. The molecule has 1 aromatic heterocycles. The quantitative estimate of drug-likeness (QED) is 0.284. The number of rotatable bonds is 7. The Hall–Kier alpha value is -1.42. The molecule has 0 spiro atoms. The lowest BCUT2D eigenvalue weighted by atomic mass is 10.3. The molecule has 0 saturated heterocycles. The van der Waals surface area contributed by atoms with E-state index in [2.05, 4.69) is 27.1 Å². The van der Waals surface area contributed by atoms with Gasteiger partial charge in [-0.3, -0.25) is 4.99 Å². The van der Waals surface area contributed by atoms with E-state index < -0.39 is 11.6 Å². The van der Waals surface area contributed by atoms with E-state index in [4.69, 9.17) is 4.74 Å². The lowest BCUT2D eigenvalue weighted by Gasteiger charge is -2.12. The molecule has 0 saturated carbocycles. The number of aliphatic imine (C=N–C) groups is 1. The third-order valence-electron chi connectivity index (χ3n) is 3.02. The molecule has 0 aliphatic rings. The Bertz CT molecular complexity index is 638. The number of hydrogen-bond acceptors (Lipinski definition) is 3. The third-order valence-corrected chi connectivity index (χ3v) is 3.96. The smallest absolute Gasteiger partial charge is 0.191 e. The molecule has 1 heterocycles. The molecule has 0 aliphatic heterocycles. The van der Waals surface area contributed by atoms with Gasteiger partial charge in [-0.2, -0.15) is 0 Å². The van der Waals surface area contributed by atoms with Crippen LogP contribution in [0.1, 0.15) is 4.88 Å². The third kappa shape index (κ3) is 7.00. The lowest BCUT2D eigenvalue weighted by molar-refractivity contribution is 0.318. The van der Waals surface area contributed by atoms with E-state index >= 15 is 0 Å². The van der Waals surface area contributed by atoms with Crippen LogP contribution in [0, 0.1) is 11.6 Å². The van der Waals surface area contributed by atoms with E-state index in [1.54, 1.807) is 18.4 Å². The minimum atomic E-state index is -0.915. The summed E-state index contributed by atoms with van der Waals surface area (Å²) in [4.78, 5) is 5.42. The SMILES string of the molecule is CN=C(NCCOc1ccc(F)c(F)c1)NCCc1cccs1.I. The summed E-state index contributed by atoms with van der Waals surface area (Å²) in [6, 6.07) is 7.60. The van der Waals surface area contributed by atoms with Gasteiger partial charge in [0.05, 0.1) is 6.54 Å². The number of benzene rings is 1. The Morgan fingerprint density at radius 1 is 1.17 bits per heavy atom. The molecule has 4 nitrogen and oxygen atoms in total. The molecule has 8 heteroatoms. The fourth-order valence-corrected chi connectivity index (χ4v) is 2.59. The number of halogens is 3. The molecule has 0 atom stereocenters. The summed E-state index contributed by atoms with van der Waals surface area (Å²) in [6.45, 7) is 1.60. The number of ether oxygens (including phenoxy) is 1. The summed E-state index contributed by atoms with van der Waals surface area (Å²) in [5, 5.41) is 8.35. The summed E-state index contributed by atoms with van der Waals surface area (Å²) < 4.78 is 31.2. The molecule has 0 fully saturated rings. The van der Waals surface area contributed by atoms with Gasteiger partial charge in [-0.05, 0) is 30.0 Å². The second kappa shape index (κ2) is 11.2. The molecule has 0 amide bonds. The number of nitrogens with one attached hydrogen (secondary N) is 2. The van der Waals surface area contributed by atoms with Crippen molar-refractivity contribution in [3.05, 3.63) is 52.2 Å². The molecular weight excluding hydrogens is 447 g/mol. The first-order valence-corrected chi connectivity index (χ1v) is 8.12. The number of hydrogen-bond donors (Lipinski definition) is 2. The van der Waals surface area contributed by atoms with Gasteiger partial charge in [0.1, 0.15) is 12.4 Å². The van der Waals surface area contributed by atoms with Crippen LogP contribution in [0.5, 0.6) is 5.75 Å². The highest BCUT2D eigenvalue weighted by Crippen LogP contribution is 2.14. The molecule has 2 N–H and O–H groups in total. The van der Waals surface area contributed by atoms with E-state index in [-0.39, 0.29) is 24.0 Å². The van der Waals surface area contributed by atoms with Crippen LogP contribution in [0.25, 0.3) is 0 Å².